The van der Waals surface area contributed by atoms with Crippen LogP contribution >= 0.6 is 0 Å². The van der Waals surface area contributed by atoms with Gasteiger partial charge in [-0.3, -0.25) is 4.79 Å². The van der Waals surface area contributed by atoms with E-state index in [0.717, 1.165) is 6.42 Å². The number of rotatable bonds is 5. The number of aliphatic carboxylic acids is 1. The lowest BCUT2D eigenvalue weighted by Gasteiger charge is -2.39. The van der Waals surface area contributed by atoms with E-state index in [1.807, 2.05) is 0 Å². The summed E-state index contributed by atoms with van der Waals surface area (Å²) in [6.45, 7) is 1.36. The molecule has 7 nitrogen and oxygen atoms in total. The van der Waals surface area contributed by atoms with Crippen molar-refractivity contribution in [1.82, 2.24) is 10.2 Å². The summed E-state index contributed by atoms with van der Waals surface area (Å²) in [6.07, 6.45) is 3.10. The second-order valence-corrected chi connectivity index (χ2v) is 6.29. The molecule has 0 aromatic rings. The van der Waals surface area contributed by atoms with Gasteiger partial charge in [0.2, 0.25) is 0 Å². The van der Waals surface area contributed by atoms with Gasteiger partial charge in [0.05, 0.1) is 17.6 Å². The summed E-state index contributed by atoms with van der Waals surface area (Å²) in [5, 5.41) is 22.3. The largest absolute Gasteiger partial charge is 0.481 e. The van der Waals surface area contributed by atoms with Gasteiger partial charge in [0, 0.05) is 39.6 Å². The topological polar surface area (TPSA) is 99.1 Å². The zero-order valence-corrected chi connectivity index (χ0v) is 12.4. The van der Waals surface area contributed by atoms with Gasteiger partial charge in [-0.1, -0.05) is 6.42 Å². The second-order valence-electron chi connectivity index (χ2n) is 6.29. The summed E-state index contributed by atoms with van der Waals surface area (Å²) in [5.41, 5.74) is -1.71. The Labute approximate surface area is 124 Å². The minimum absolute atomic E-state index is 0.146. The van der Waals surface area contributed by atoms with Gasteiger partial charge in [-0.05, 0) is 12.8 Å². The number of hydrogen-bond acceptors (Lipinski definition) is 4. The second kappa shape index (κ2) is 6.19. The molecule has 0 unspecified atom stereocenters. The van der Waals surface area contributed by atoms with Gasteiger partial charge in [-0.2, -0.15) is 0 Å². The predicted octanol–water partition coefficient (Wildman–Crippen LogP) is 0.424. The highest BCUT2D eigenvalue weighted by Crippen LogP contribution is 2.40. The maximum Gasteiger partial charge on any atom is 0.317 e. The number of carboxylic acid groups (broad SMARTS) is 1. The van der Waals surface area contributed by atoms with Crippen molar-refractivity contribution in [2.45, 2.75) is 37.7 Å². The van der Waals surface area contributed by atoms with Crippen LogP contribution in [0, 0.1) is 5.41 Å². The number of carbonyl (C=O) groups is 2. The first kappa shape index (κ1) is 16.0. The molecule has 7 heteroatoms. The van der Waals surface area contributed by atoms with Crippen LogP contribution in [0.5, 0.6) is 0 Å². The first-order chi connectivity index (χ1) is 9.87. The third kappa shape index (κ3) is 3.65. The van der Waals surface area contributed by atoms with Crippen molar-refractivity contribution in [2.75, 3.05) is 33.4 Å². The number of urea groups is 1. The van der Waals surface area contributed by atoms with Crippen LogP contribution in [0.1, 0.15) is 32.1 Å². The van der Waals surface area contributed by atoms with Crippen LogP contribution in [0.3, 0.4) is 0 Å². The normalized spacial score (nSPS) is 23.0. The Morgan fingerprint density at radius 3 is 2.33 bits per heavy atom. The van der Waals surface area contributed by atoms with E-state index in [4.69, 9.17) is 4.74 Å². The fourth-order valence-electron chi connectivity index (χ4n) is 2.87. The van der Waals surface area contributed by atoms with Crippen LogP contribution in [0.15, 0.2) is 0 Å². The van der Waals surface area contributed by atoms with Crippen LogP contribution in [-0.2, 0) is 9.53 Å². The molecule has 0 spiro atoms. The molecule has 2 aliphatic rings. The molecule has 0 aromatic carbocycles. The molecule has 1 saturated heterocycles. The number of nitrogens with one attached hydrogen (secondary N) is 1. The first-order valence-electron chi connectivity index (χ1n) is 7.39. The third-order valence-corrected chi connectivity index (χ3v) is 4.64. The van der Waals surface area contributed by atoms with Crippen LogP contribution in [0.4, 0.5) is 4.79 Å². The molecule has 2 rings (SSSR count). The molecule has 0 atom stereocenters. The molecule has 0 aromatic heterocycles. The number of carbonyl (C=O) groups excluding carboxylic acids is 1. The summed E-state index contributed by atoms with van der Waals surface area (Å²) in [6, 6.07) is -0.345. The maximum absolute atomic E-state index is 12.0. The average Bonchev–Trinajstić information content (AvgIpc) is 2.37. The number of carboxylic acids is 1. The Kier molecular flexibility index (Phi) is 4.73. The molecule has 2 amide bonds. The molecule has 1 aliphatic heterocycles. The highest BCUT2D eigenvalue weighted by Gasteiger charge is 2.44. The van der Waals surface area contributed by atoms with E-state index >= 15 is 0 Å². The van der Waals surface area contributed by atoms with Gasteiger partial charge in [0.15, 0.2) is 0 Å². The van der Waals surface area contributed by atoms with Gasteiger partial charge in [0.1, 0.15) is 0 Å². The van der Waals surface area contributed by atoms with Crippen molar-refractivity contribution in [1.29, 1.82) is 0 Å². The van der Waals surface area contributed by atoms with Gasteiger partial charge in [-0.15, -0.1) is 0 Å². The summed E-state index contributed by atoms with van der Waals surface area (Å²) in [5.74, 6) is -0.847. The molecule has 0 radical (unpaired) electrons. The van der Waals surface area contributed by atoms with Crippen molar-refractivity contribution in [3.05, 3.63) is 0 Å². The van der Waals surface area contributed by atoms with Crippen LogP contribution in [0.25, 0.3) is 0 Å². The summed E-state index contributed by atoms with van der Waals surface area (Å²) in [7, 11) is 1.61. The van der Waals surface area contributed by atoms with E-state index in [1.54, 1.807) is 7.05 Å². The van der Waals surface area contributed by atoms with E-state index in [9.17, 15) is 19.8 Å². The molecule has 3 N–H and O–H groups in total. The lowest BCUT2D eigenvalue weighted by Crippen LogP contribution is -2.53. The van der Waals surface area contributed by atoms with E-state index in [1.165, 1.54) is 4.90 Å². The SMILES string of the molecule is CN(CC1(O)CCOCC1)C(=O)NCC1(C(=O)O)CCC1. The first-order valence-corrected chi connectivity index (χ1v) is 7.39. The van der Waals surface area contributed by atoms with E-state index < -0.39 is 17.0 Å². The fourth-order valence-corrected chi connectivity index (χ4v) is 2.87. The monoisotopic (exact) mass is 300 g/mol. The Bertz CT molecular complexity index is 402. The van der Waals surface area contributed by atoms with Gasteiger partial charge >= 0.3 is 12.0 Å². The molecule has 1 heterocycles. The third-order valence-electron chi connectivity index (χ3n) is 4.64. The van der Waals surface area contributed by atoms with Gasteiger partial charge in [-0.25, -0.2) is 4.79 Å². The number of amides is 2. The Balaban J connectivity index is 1.81. The molecule has 1 saturated carbocycles. The smallest absolute Gasteiger partial charge is 0.317 e. The minimum atomic E-state index is -0.911. The molecular weight excluding hydrogens is 276 g/mol. The summed E-state index contributed by atoms with van der Waals surface area (Å²) >= 11 is 0. The average molecular weight is 300 g/mol. The van der Waals surface area contributed by atoms with E-state index in [0.29, 0.717) is 38.9 Å². The zero-order valence-electron chi connectivity index (χ0n) is 12.4. The number of ether oxygens (including phenoxy) is 1. The lowest BCUT2D eigenvalue weighted by molar-refractivity contribution is -0.153. The Hall–Kier alpha value is -1.34. The van der Waals surface area contributed by atoms with Crippen LogP contribution < -0.4 is 5.32 Å². The molecule has 2 fully saturated rings. The van der Waals surface area contributed by atoms with Crippen LogP contribution in [0.2, 0.25) is 0 Å². The quantitative estimate of drug-likeness (QED) is 0.683. The highest BCUT2D eigenvalue weighted by molar-refractivity contribution is 5.78. The van der Waals surface area contributed by atoms with E-state index in [-0.39, 0.29) is 19.1 Å². The van der Waals surface area contributed by atoms with Gasteiger partial charge < -0.3 is 25.2 Å². The van der Waals surface area contributed by atoms with Crippen molar-refractivity contribution >= 4 is 12.0 Å². The van der Waals surface area contributed by atoms with Gasteiger partial charge in [0.25, 0.3) is 0 Å². The molecule has 21 heavy (non-hydrogen) atoms. The molecule has 120 valence electrons. The Morgan fingerprint density at radius 2 is 1.86 bits per heavy atom. The van der Waals surface area contributed by atoms with Crippen molar-refractivity contribution < 1.29 is 24.5 Å². The number of aliphatic hydroxyl groups is 1. The number of hydrogen-bond donors (Lipinski definition) is 3. The lowest BCUT2D eigenvalue weighted by atomic mass is 9.69. The Morgan fingerprint density at radius 1 is 1.24 bits per heavy atom. The predicted molar refractivity (Wildman–Crippen MR) is 75.0 cm³/mol. The zero-order chi connectivity index (χ0) is 15.5. The standard InChI is InChI=1S/C14H24N2O5/c1-16(10-14(20)5-7-21-8-6-14)12(19)15-9-13(11(17)18)3-2-4-13/h20H,2-10H2,1H3,(H,15,19)(H,17,18). The summed E-state index contributed by atoms with van der Waals surface area (Å²) < 4.78 is 5.20. The molecular formula is C14H24N2O5. The molecule has 0 bridgehead atoms. The fraction of sp³-hybridized carbons (Fsp3) is 0.857. The van der Waals surface area contributed by atoms with Crippen LogP contribution in [-0.4, -0.2) is 66.1 Å². The highest BCUT2D eigenvalue weighted by atomic mass is 16.5. The summed E-state index contributed by atoms with van der Waals surface area (Å²) in [4.78, 5) is 24.7. The number of likely N-dealkylation sites (N-methyl/N-ethyl adjacent to an activating group) is 1. The minimum Gasteiger partial charge on any atom is -0.481 e. The number of nitrogens with zero attached hydrogens (tertiary/aromatic N) is 1. The van der Waals surface area contributed by atoms with E-state index in [2.05, 4.69) is 5.32 Å². The molecule has 1 aliphatic carbocycles. The van der Waals surface area contributed by atoms with Crippen molar-refractivity contribution in [2.24, 2.45) is 5.41 Å². The van der Waals surface area contributed by atoms with Crippen molar-refractivity contribution in [3.8, 4) is 0 Å². The maximum atomic E-state index is 12.0. The van der Waals surface area contributed by atoms with Crippen molar-refractivity contribution in [3.63, 3.8) is 0 Å².